The summed E-state index contributed by atoms with van der Waals surface area (Å²) in [4.78, 5) is 11.1. The summed E-state index contributed by atoms with van der Waals surface area (Å²) in [6.45, 7) is 4.29. The molecule has 0 spiro atoms. The van der Waals surface area contributed by atoms with E-state index in [0.717, 1.165) is 18.6 Å². The molecule has 0 saturated heterocycles. The number of ketones is 1. The van der Waals surface area contributed by atoms with Crippen LogP contribution in [-0.2, 0) is 0 Å². The van der Waals surface area contributed by atoms with Crippen molar-refractivity contribution >= 4 is 17.4 Å². The minimum absolute atomic E-state index is 0.0277. The van der Waals surface area contributed by atoms with E-state index in [0.29, 0.717) is 17.2 Å². The first kappa shape index (κ1) is 12.1. The van der Waals surface area contributed by atoms with Crippen molar-refractivity contribution in [3.8, 4) is 5.75 Å². The molecule has 0 atom stereocenters. The Morgan fingerprint density at radius 2 is 2.20 bits per heavy atom. The van der Waals surface area contributed by atoms with Crippen molar-refractivity contribution in [2.24, 2.45) is 0 Å². The number of unbranched alkanes of at least 4 members (excludes halogenated alkanes) is 1. The number of carbonyl (C=O) groups excluding carboxylic acids is 1. The number of hydrogen-bond donors (Lipinski definition) is 0. The van der Waals surface area contributed by atoms with E-state index in [1.807, 2.05) is 0 Å². The Kier molecular flexibility index (Phi) is 4.63. The van der Waals surface area contributed by atoms with Crippen molar-refractivity contribution in [3.63, 3.8) is 0 Å². The Hall–Kier alpha value is -1.02. The molecule has 1 aromatic carbocycles. The van der Waals surface area contributed by atoms with Crippen LogP contribution in [0.1, 0.15) is 37.0 Å². The van der Waals surface area contributed by atoms with Crippen LogP contribution in [0, 0.1) is 0 Å². The highest BCUT2D eigenvalue weighted by Gasteiger charge is 2.06. The molecule has 0 amide bonds. The van der Waals surface area contributed by atoms with Gasteiger partial charge in [-0.05, 0) is 31.5 Å². The second-order valence-electron chi connectivity index (χ2n) is 3.40. The molecule has 15 heavy (non-hydrogen) atoms. The van der Waals surface area contributed by atoms with Crippen LogP contribution in [0.3, 0.4) is 0 Å². The van der Waals surface area contributed by atoms with Gasteiger partial charge in [0.2, 0.25) is 0 Å². The van der Waals surface area contributed by atoms with Crippen LogP contribution in [-0.4, -0.2) is 12.4 Å². The molecule has 0 saturated carbocycles. The molecule has 0 aromatic heterocycles. The molecule has 0 radical (unpaired) electrons. The Bertz CT molecular complexity index is 347. The lowest BCUT2D eigenvalue weighted by Crippen LogP contribution is -1.98. The molecule has 0 bridgehead atoms. The van der Waals surface area contributed by atoms with Crippen molar-refractivity contribution in [2.75, 3.05) is 6.61 Å². The van der Waals surface area contributed by atoms with Crippen molar-refractivity contribution in [1.29, 1.82) is 0 Å². The summed E-state index contributed by atoms with van der Waals surface area (Å²) in [7, 11) is 0. The zero-order chi connectivity index (χ0) is 11.3. The highest BCUT2D eigenvalue weighted by atomic mass is 35.5. The van der Waals surface area contributed by atoms with Gasteiger partial charge >= 0.3 is 0 Å². The van der Waals surface area contributed by atoms with E-state index in [4.69, 9.17) is 16.3 Å². The second kappa shape index (κ2) is 5.76. The summed E-state index contributed by atoms with van der Waals surface area (Å²) < 4.78 is 5.47. The highest BCUT2D eigenvalue weighted by Crippen LogP contribution is 2.23. The van der Waals surface area contributed by atoms with Gasteiger partial charge in [0, 0.05) is 5.56 Å². The molecule has 3 heteroatoms. The van der Waals surface area contributed by atoms with Crippen LogP contribution >= 0.6 is 11.6 Å². The van der Waals surface area contributed by atoms with E-state index in [2.05, 4.69) is 6.92 Å². The smallest absolute Gasteiger partial charge is 0.161 e. The number of carbonyl (C=O) groups is 1. The lowest BCUT2D eigenvalue weighted by molar-refractivity contribution is 0.101. The zero-order valence-electron chi connectivity index (χ0n) is 9.05. The summed E-state index contributed by atoms with van der Waals surface area (Å²) in [5.41, 5.74) is 0.541. The summed E-state index contributed by atoms with van der Waals surface area (Å²) in [6, 6.07) is 5.16. The highest BCUT2D eigenvalue weighted by molar-refractivity contribution is 6.34. The second-order valence-corrected chi connectivity index (χ2v) is 3.81. The maximum Gasteiger partial charge on any atom is 0.161 e. The van der Waals surface area contributed by atoms with Gasteiger partial charge in [-0.1, -0.05) is 24.9 Å². The van der Waals surface area contributed by atoms with Crippen molar-refractivity contribution in [2.45, 2.75) is 26.7 Å². The number of ether oxygens (including phenoxy) is 1. The van der Waals surface area contributed by atoms with Gasteiger partial charge in [-0.3, -0.25) is 4.79 Å². The average Bonchev–Trinajstić information content (AvgIpc) is 2.17. The van der Waals surface area contributed by atoms with Gasteiger partial charge in [0.25, 0.3) is 0 Å². The third-order valence-electron chi connectivity index (χ3n) is 2.09. The van der Waals surface area contributed by atoms with Crippen LogP contribution in [0.25, 0.3) is 0 Å². The molecule has 0 unspecified atom stereocenters. The summed E-state index contributed by atoms with van der Waals surface area (Å²) in [5, 5.41) is 0.455. The first-order chi connectivity index (χ1) is 7.15. The number of halogens is 1. The third kappa shape index (κ3) is 3.56. The van der Waals surface area contributed by atoms with Crippen LogP contribution in [0.2, 0.25) is 5.02 Å². The average molecular weight is 227 g/mol. The first-order valence-electron chi connectivity index (χ1n) is 5.08. The molecular formula is C12H15ClO2. The van der Waals surface area contributed by atoms with Gasteiger partial charge in [-0.25, -0.2) is 0 Å². The Labute approximate surface area is 95.2 Å². The van der Waals surface area contributed by atoms with E-state index in [9.17, 15) is 4.79 Å². The predicted octanol–water partition coefficient (Wildman–Crippen LogP) is 3.72. The zero-order valence-corrected chi connectivity index (χ0v) is 9.80. The standard InChI is InChI=1S/C12H15ClO2/c1-3-4-7-15-10-5-6-11(9(2)14)12(13)8-10/h5-6,8H,3-4,7H2,1-2H3. The molecule has 0 aliphatic rings. The fourth-order valence-electron chi connectivity index (χ4n) is 1.21. The molecule has 0 N–H and O–H groups in total. The molecule has 0 fully saturated rings. The van der Waals surface area contributed by atoms with E-state index in [-0.39, 0.29) is 5.78 Å². The summed E-state index contributed by atoms with van der Waals surface area (Å²) in [5.74, 6) is 0.693. The monoisotopic (exact) mass is 226 g/mol. The maximum atomic E-state index is 11.1. The van der Waals surface area contributed by atoms with Crippen molar-refractivity contribution < 1.29 is 9.53 Å². The Morgan fingerprint density at radius 3 is 2.73 bits per heavy atom. The van der Waals surface area contributed by atoms with Gasteiger partial charge in [-0.2, -0.15) is 0 Å². The van der Waals surface area contributed by atoms with E-state index in [1.54, 1.807) is 18.2 Å². The molecule has 1 aromatic rings. The number of rotatable bonds is 5. The van der Waals surface area contributed by atoms with Crippen LogP contribution in [0.5, 0.6) is 5.75 Å². The largest absolute Gasteiger partial charge is 0.494 e. The number of hydrogen-bond acceptors (Lipinski definition) is 2. The van der Waals surface area contributed by atoms with Gasteiger partial charge < -0.3 is 4.74 Å². The molecule has 2 nitrogen and oxygen atoms in total. The molecule has 82 valence electrons. The number of Topliss-reactive ketones (excluding diaryl/α,β-unsaturated/α-hetero) is 1. The summed E-state index contributed by atoms with van der Waals surface area (Å²) in [6.07, 6.45) is 2.12. The van der Waals surface area contributed by atoms with Gasteiger partial charge in [-0.15, -0.1) is 0 Å². The SMILES string of the molecule is CCCCOc1ccc(C(C)=O)c(Cl)c1. The van der Waals surface area contributed by atoms with E-state index in [1.165, 1.54) is 6.92 Å². The van der Waals surface area contributed by atoms with Crippen LogP contribution in [0.15, 0.2) is 18.2 Å². The Morgan fingerprint density at radius 1 is 1.47 bits per heavy atom. The molecular weight excluding hydrogens is 212 g/mol. The van der Waals surface area contributed by atoms with E-state index >= 15 is 0 Å². The lowest BCUT2D eigenvalue weighted by atomic mass is 10.1. The van der Waals surface area contributed by atoms with Gasteiger partial charge in [0.1, 0.15) is 5.75 Å². The minimum Gasteiger partial charge on any atom is -0.494 e. The topological polar surface area (TPSA) is 26.3 Å². The normalized spacial score (nSPS) is 10.1. The van der Waals surface area contributed by atoms with E-state index < -0.39 is 0 Å². The first-order valence-corrected chi connectivity index (χ1v) is 5.46. The van der Waals surface area contributed by atoms with Crippen molar-refractivity contribution in [1.82, 2.24) is 0 Å². The summed E-state index contributed by atoms with van der Waals surface area (Å²) >= 11 is 5.94. The van der Waals surface area contributed by atoms with Crippen LogP contribution < -0.4 is 4.74 Å². The molecule has 0 aliphatic carbocycles. The van der Waals surface area contributed by atoms with Gasteiger partial charge in [0.05, 0.1) is 11.6 Å². The number of benzene rings is 1. The molecule has 0 heterocycles. The van der Waals surface area contributed by atoms with Gasteiger partial charge in [0.15, 0.2) is 5.78 Å². The predicted molar refractivity (Wildman–Crippen MR) is 61.9 cm³/mol. The fourth-order valence-corrected chi connectivity index (χ4v) is 1.51. The maximum absolute atomic E-state index is 11.1. The Balaban J connectivity index is 2.69. The van der Waals surface area contributed by atoms with Crippen molar-refractivity contribution in [3.05, 3.63) is 28.8 Å². The lowest BCUT2D eigenvalue weighted by Gasteiger charge is -2.07. The quantitative estimate of drug-likeness (QED) is 0.565. The third-order valence-corrected chi connectivity index (χ3v) is 2.40. The fraction of sp³-hybridized carbons (Fsp3) is 0.417. The molecule has 0 aliphatic heterocycles. The molecule has 1 rings (SSSR count). The van der Waals surface area contributed by atoms with Crippen LogP contribution in [0.4, 0.5) is 0 Å². The minimum atomic E-state index is -0.0277.